The summed E-state index contributed by atoms with van der Waals surface area (Å²) in [4.78, 5) is 23.0. The van der Waals surface area contributed by atoms with Crippen LogP contribution >= 0.6 is 11.6 Å². The number of ether oxygens (including phenoxy) is 3. The number of benzene rings is 1. The van der Waals surface area contributed by atoms with Crippen molar-refractivity contribution in [2.75, 3.05) is 27.4 Å². The van der Waals surface area contributed by atoms with Crippen LogP contribution in [0.2, 0.25) is 5.02 Å². The maximum absolute atomic E-state index is 11.6. The lowest BCUT2D eigenvalue weighted by Gasteiger charge is -2.13. The Balaban J connectivity index is 2.56. The van der Waals surface area contributed by atoms with Gasteiger partial charge in [-0.25, -0.2) is 4.79 Å². The topological polar surface area (TPSA) is 73.9 Å². The van der Waals surface area contributed by atoms with Crippen molar-refractivity contribution < 1.29 is 23.8 Å². The van der Waals surface area contributed by atoms with Crippen molar-refractivity contribution in [2.24, 2.45) is 0 Å². The molecule has 0 bridgehead atoms. The van der Waals surface area contributed by atoms with Crippen LogP contribution < -0.4 is 10.1 Å². The number of rotatable bonds is 7. The Hall–Kier alpha value is -1.79. The first-order valence-corrected chi connectivity index (χ1v) is 6.64. The molecule has 1 aromatic carbocycles. The van der Waals surface area contributed by atoms with Crippen molar-refractivity contribution in [3.8, 4) is 5.75 Å². The minimum Gasteiger partial charge on any atom is -0.482 e. The smallest absolute Gasteiger partial charge is 0.337 e. The van der Waals surface area contributed by atoms with Crippen LogP contribution in [0.3, 0.4) is 0 Å². The molecule has 0 aromatic heterocycles. The van der Waals surface area contributed by atoms with E-state index in [2.05, 4.69) is 10.1 Å². The van der Waals surface area contributed by atoms with Crippen LogP contribution in [0.1, 0.15) is 17.3 Å². The molecule has 0 saturated carbocycles. The van der Waals surface area contributed by atoms with Crippen molar-refractivity contribution in [3.63, 3.8) is 0 Å². The summed E-state index contributed by atoms with van der Waals surface area (Å²) in [6.45, 7) is 2.06. The van der Waals surface area contributed by atoms with Gasteiger partial charge >= 0.3 is 5.97 Å². The zero-order chi connectivity index (χ0) is 15.8. The normalized spacial score (nSPS) is 11.6. The first-order valence-electron chi connectivity index (χ1n) is 6.27. The van der Waals surface area contributed by atoms with E-state index in [4.69, 9.17) is 21.1 Å². The number of esters is 1. The standard InChI is InChI=1S/C14H18ClNO5/c1-9(7-19-2)16-13(17)8-21-12-5-4-10(6-11(12)15)14(18)20-3/h4-6,9H,7-8H2,1-3H3,(H,16,17)/t9-/m0/s1. The van der Waals surface area contributed by atoms with Gasteiger partial charge in [-0.15, -0.1) is 0 Å². The van der Waals surface area contributed by atoms with E-state index in [0.29, 0.717) is 17.9 Å². The fourth-order valence-electron chi connectivity index (χ4n) is 1.61. The third-order valence-electron chi connectivity index (χ3n) is 2.54. The van der Waals surface area contributed by atoms with Crippen molar-refractivity contribution in [2.45, 2.75) is 13.0 Å². The number of amides is 1. The second kappa shape index (κ2) is 8.49. The van der Waals surface area contributed by atoms with Gasteiger partial charge in [-0.1, -0.05) is 11.6 Å². The molecule has 0 radical (unpaired) electrons. The number of hydrogen-bond acceptors (Lipinski definition) is 5. The highest BCUT2D eigenvalue weighted by Crippen LogP contribution is 2.25. The van der Waals surface area contributed by atoms with Crippen molar-refractivity contribution in [1.29, 1.82) is 0 Å². The van der Waals surface area contributed by atoms with Gasteiger partial charge in [0.15, 0.2) is 6.61 Å². The van der Waals surface area contributed by atoms with Crippen molar-refractivity contribution in [1.82, 2.24) is 5.32 Å². The molecule has 116 valence electrons. The third-order valence-corrected chi connectivity index (χ3v) is 2.83. The molecule has 1 amide bonds. The summed E-state index contributed by atoms with van der Waals surface area (Å²) in [7, 11) is 2.84. The Morgan fingerprint density at radius 2 is 2.05 bits per heavy atom. The second-order valence-corrected chi connectivity index (χ2v) is 4.76. The number of methoxy groups -OCH3 is 2. The minimum atomic E-state index is -0.491. The van der Waals surface area contributed by atoms with Crippen LogP contribution in [0, 0.1) is 0 Å². The summed E-state index contributed by atoms with van der Waals surface area (Å²) in [6, 6.07) is 4.34. The van der Waals surface area contributed by atoms with Gasteiger partial charge < -0.3 is 19.5 Å². The number of carbonyl (C=O) groups is 2. The van der Waals surface area contributed by atoms with Crippen LogP contribution in [-0.2, 0) is 14.3 Å². The van der Waals surface area contributed by atoms with Gasteiger partial charge in [0.05, 0.1) is 24.3 Å². The molecule has 0 unspecified atom stereocenters. The lowest BCUT2D eigenvalue weighted by Crippen LogP contribution is -2.38. The van der Waals surface area contributed by atoms with E-state index < -0.39 is 5.97 Å². The predicted octanol–water partition coefficient (Wildman–Crippen LogP) is 1.66. The zero-order valence-electron chi connectivity index (χ0n) is 12.1. The molecule has 1 N–H and O–H groups in total. The Kier molecular flexibility index (Phi) is 6.98. The summed E-state index contributed by atoms with van der Waals surface area (Å²) < 4.78 is 14.8. The van der Waals surface area contributed by atoms with E-state index in [-0.39, 0.29) is 23.6 Å². The Labute approximate surface area is 128 Å². The number of carbonyl (C=O) groups excluding carboxylic acids is 2. The molecule has 0 aliphatic rings. The SMILES string of the molecule is COC[C@H](C)NC(=O)COc1ccc(C(=O)OC)cc1Cl. The second-order valence-electron chi connectivity index (χ2n) is 4.35. The molecule has 0 saturated heterocycles. The van der Waals surface area contributed by atoms with Gasteiger partial charge in [0.25, 0.3) is 5.91 Å². The highest BCUT2D eigenvalue weighted by atomic mass is 35.5. The fourth-order valence-corrected chi connectivity index (χ4v) is 1.85. The summed E-state index contributed by atoms with van der Waals surface area (Å²) in [5.41, 5.74) is 0.313. The van der Waals surface area contributed by atoms with E-state index in [1.165, 1.54) is 25.3 Å². The van der Waals surface area contributed by atoms with Gasteiger partial charge in [-0.05, 0) is 25.1 Å². The lowest BCUT2D eigenvalue weighted by molar-refractivity contribution is -0.124. The first kappa shape index (κ1) is 17.3. The molecule has 0 fully saturated rings. The summed E-state index contributed by atoms with van der Waals surface area (Å²) in [5.74, 6) is -0.457. The number of hydrogen-bond donors (Lipinski definition) is 1. The summed E-state index contributed by atoms with van der Waals surface area (Å²) in [5, 5.41) is 2.94. The average Bonchev–Trinajstić information content (AvgIpc) is 2.45. The maximum atomic E-state index is 11.6. The van der Waals surface area contributed by atoms with E-state index in [1.807, 2.05) is 6.92 Å². The van der Waals surface area contributed by atoms with Crippen molar-refractivity contribution in [3.05, 3.63) is 28.8 Å². The van der Waals surface area contributed by atoms with Gasteiger partial charge in [0.2, 0.25) is 0 Å². The van der Waals surface area contributed by atoms with E-state index >= 15 is 0 Å². The molecule has 1 rings (SSSR count). The van der Waals surface area contributed by atoms with Crippen LogP contribution in [-0.4, -0.2) is 45.4 Å². The predicted molar refractivity (Wildman–Crippen MR) is 77.8 cm³/mol. The third kappa shape index (κ3) is 5.61. The van der Waals surface area contributed by atoms with E-state index in [9.17, 15) is 9.59 Å². The van der Waals surface area contributed by atoms with Crippen LogP contribution in [0.4, 0.5) is 0 Å². The van der Waals surface area contributed by atoms with Gasteiger partial charge in [-0.3, -0.25) is 4.79 Å². The van der Waals surface area contributed by atoms with Crippen LogP contribution in [0.5, 0.6) is 5.75 Å². The van der Waals surface area contributed by atoms with Gasteiger partial charge in [-0.2, -0.15) is 0 Å². The molecule has 0 aliphatic carbocycles. The van der Waals surface area contributed by atoms with Gasteiger partial charge in [0.1, 0.15) is 5.75 Å². The molecule has 6 nitrogen and oxygen atoms in total. The number of halogens is 1. The molecular formula is C14H18ClNO5. The largest absolute Gasteiger partial charge is 0.482 e. The molecule has 1 atom stereocenters. The Morgan fingerprint density at radius 1 is 1.33 bits per heavy atom. The molecular weight excluding hydrogens is 298 g/mol. The molecule has 7 heteroatoms. The molecule has 0 heterocycles. The highest BCUT2D eigenvalue weighted by molar-refractivity contribution is 6.32. The van der Waals surface area contributed by atoms with Crippen LogP contribution in [0.15, 0.2) is 18.2 Å². The van der Waals surface area contributed by atoms with Crippen LogP contribution in [0.25, 0.3) is 0 Å². The Bertz CT molecular complexity index is 506. The zero-order valence-corrected chi connectivity index (χ0v) is 12.9. The summed E-state index contributed by atoms with van der Waals surface area (Å²) >= 11 is 5.98. The van der Waals surface area contributed by atoms with Gasteiger partial charge in [0, 0.05) is 13.2 Å². The van der Waals surface area contributed by atoms with E-state index in [0.717, 1.165) is 0 Å². The number of nitrogens with one attached hydrogen (secondary N) is 1. The Morgan fingerprint density at radius 3 is 2.62 bits per heavy atom. The lowest BCUT2D eigenvalue weighted by atomic mass is 10.2. The first-order chi connectivity index (χ1) is 9.97. The highest BCUT2D eigenvalue weighted by Gasteiger charge is 2.12. The monoisotopic (exact) mass is 315 g/mol. The van der Waals surface area contributed by atoms with E-state index in [1.54, 1.807) is 7.11 Å². The molecule has 1 aromatic rings. The maximum Gasteiger partial charge on any atom is 0.337 e. The minimum absolute atomic E-state index is 0.108. The average molecular weight is 316 g/mol. The molecule has 0 aliphatic heterocycles. The molecule has 21 heavy (non-hydrogen) atoms. The summed E-state index contributed by atoms with van der Waals surface area (Å²) in [6.07, 6.45) is 0. The quantitative estimate of drug-likeness (QED) is 0.775. The van der Waals surface area contributed by atoms with Crippen molar-refractivity contribution >= 4 is 23.5 Å². The molecule has 0 spiro atoms. The fraction of sp³-hybridized carbons (Fsp3) is 0.429.